The molecule has 1 unspecified atom stereocenters. The predicted octanol–water partition coefficient (Wildman–Crippen LogP) is 11.8. The van der Waals surface area contributed by atoms with Crippen molar-refractivity contribution >= 4 is 5.78 Å². The number of allylic oxidation sites excluding steroid dienone is 21. The lowest BCUT2D eigenvalue weighted by atomic mass is 9.71. The molecule has 44 heavy (non-hydrogen) atoms. The van der Waals surface area contributed by atoms with E-state index >= 15 is 0 Å². The maximum atomic E-state index is 12.2. The molecule has 0 saturated carbocycles. The number of rotatable bonds is 12. The first-order chi connectivity index (χ1) is 20.7. The molecular weight excluding hydrogens is 536 g/mol. The van der Waals surface area contributed by atoms with E-state index in [2.05, 4.69) is 154 Å². The highest BCUT2D eigenvalue weighted by atomic mass is 16.5. The zero-order valence-corrected chi connectivity index (χ0v) is 29.5. The average molecular weight is 595 g/mol. The molecule has 0 spiro atoms. The molecule has 0 aromatic heterocycles. The Morgan fingerprint density at radius 1 is 0.705 bits per heavy atom. The number of Topliss-reactive ketones (excluding diaryl/α,β-unsaturated/α-hetero) is 1. The lowest BCUT2D eigenvalue weighted by molar-refractivity contribution is -0.116. The molecule has 0 radical (unpaired) electrons. The highest BCUT2D eigenvalue weighted by Gasteiger charge is 2.32. The van der Waals surface area contributed by atoms with E-state index in [0.29, 0.717) is 6.42 Å². The Morgan fingerprint density at radius 3 is 1.68 bits per heavy atom. The molecule has 0 heterocycles. The molecule has 0 aliphatic heterocycles. The van der Waals surface area contributed by atoms with Crippen molar-refractivity contribution in [2.75, 3.05) is 6.61 Å². The van der Waals surface area contributed by atoms with E-state index < -0.39 is 0 Å². The third-order valence-electron chi connectivity index (χ3n) is 8.86. The van der Waals surface area contributed by atoms with Gasteiger partial charge in [-0.25, -0.2) is 0 Å². The smallest absolute Gasteiger partial charge is 0.158 e. The van der Waals surface area contributed by atoms with Gasteiger partial charge in [-0.1, -0.05) is 135 Å². The van der Waals surface area contributed by atoms with Gasteiger partial charge in [0.15, 0.2) is 5.78 Å². The summed E-state index contributed by atoms with van der Waals surface area (Å²) >= 11 is 0. The van der Waals surface area contributed by atoms with Crippen molar-refractivity contribution in [1.82, 2.24) is 0 Å². The standard InChI is InChI=1S/C42H58O2/c1-12-44-40-28-30-42(10,11)38(36(40)7)26-24-34(5)22-16-20-32(3)18-14-13-17-31(2)19-15-21-33(4)23-25-37-35(6)39(43)27-29-41(37,8)9/h13-26,40H,12,27-30H2,1-11H3/b14-13+,19-15+,20-16+,25-23+,26-24+,31-17+,32-18+,33-21+,34-22+. The molecule has 0 saturated heterocycles. The normalized spacial score (nSPS) is 22.8. The molecular formula is C42H58O2. The molecule has 0 bridgehead atoms. The van der Waals surface area contributed by atoms with Crippen LogP contribution in [0.15, 0.2) is 130 Å². The van der Waals surface area contributed by atoms with E-state index in [0.717, 1.165) is 42.6 Å². The van der Waals surface area contributed by atoms with Crippen molar-refractivity contribution in [2.45, 2.75) is 108 Å². The molecule has 0 aromatic rings. The van der Waals surface area contributed by atoms with Gasteiger partial charge in [0.25, 0.3) is 0 Å². The Bertz CT molecular complexity index is 1370. The molecule has 2 aliphatic carbocycles. The molecule has 0 fully saturated rings. The number of carbonyl (C=O) groups excluding carboxylic acids is 1. The summed E-state index contributed by atoms with van der Waals surface area (Å²) in [6.07, 6.45) is 33.9. The minimum atomic E-state index is 0.0456. The number of ketones is 1. The molecule has 2 heteroatoms. The van der Waals surface area contributed by atoms with Crippen molar-refractivity contribution in [1.29, 1.82) is 0 Å². The fourth-order valence-electron chi connectivity index (χ4n) is 5.84. The third kappa shape index (κ3) is 11.7. The second-order valence-corrected chi connectivity index (χ2v) is 13.7. The maximum absolute atomic E-state index is 12.2. The predicted molar refractivity (Wildman–Crippen MR) is 193 cm³/mol. The lowest BCUT2D eigenvalue weighted by Crippen LogP contribution is -2.29. The third-order valence-corrected chi connectivity index (χ3v) is 8.86. The van der Waals surface area contributed by atoms with Crippen LogP contribution in [0.3, 0.4) is 0 Å². The van der Waals surface area contributed by atoms with Crippen molar-refractivity contribution < 1.29 is 9.53 Å². The largest absolute Gasteiger partial charge is 0.374 e. The first-order valence-corrected chi connectivity index (χ1v) is 16.3. The van der Waals surface area contributed by atoms with Crippen LogP contribution < -0.4 is 0 Å². The fourth-order valence-corrected chi connectivity index (χ4v) is 5.84. The van der Waals surface area contributed by atoms with Gasteiger partial charge in [-0.15, -0.1) is 0 Å². The van der Waals surface area contributed by atoms with E-state index in [-0.39, 0.29) is 22.7 Å². The van der Waals surface area contributed by atoms with Crippen LogP contribution in [0.4, 0.5) is 0 Å². The topological polar surface area (TPSA) is 26.3 Å². The number of hydrogen-bond acceptors (Lipinski definition) is 2. The number of hydrogen-bond donors (Lipinski definition) is 0. The Balaban J connectivity index is 1.94. The van der Waals surface area contributed by atoms with Gasteiger partial charge in [0.1, 0.15) is 0 Å². The molecule has 0 aromatic carbocycles. The second-order valence-electron chi connectivity index (χ2n) is 13.7. The Labute approximate surface area is 269 Å². The SMILES string of the molecule is CCOC1CCC(C)(C)C(/C=C/C(C)=C/C=C/C(C)=C/C=C/C=C(C)/C=C/C=C(C)/C=C/C2=C(C)C(=O)CCC2(C)C)=C1C. The molecule has 2 rings (SSSR count). The van der Waals surface area contributed by atoms with E-state index in [1.54, 1.807) is 0 Å². The van der Waals surface area contributed by atoms with Crippen LogP contribution in [0.5, 0.6) is 0 Å². The van der Waals surface area contributed by atoms with Crippen LogP contribution in [-0.4, -0.2) is 18.5 Å². The van der Waals surface area contributed by atoms with Gasteiger partial charge in [0.05, 0.1) is 6.10 Å². The maximum Gasteiger partial charge on any atom is 0.158 e. The van der Waals surface area contributed by atoms with Gasteiger partial charge < -0.3 is 4.74 Å². The van der Waals surface area contributed by atoms with Crippen molar-refractivity contribution in [2.24, 2.45) is 10.8 Å². The van der Waals surface area contributed by atoms with Gasteiger partial charge in [-0.05, 0) is 101 Å². The summed E-state index contributed by atoms with van der Waals surface area (Å²) in [5.74, 6) is 0.277. The van der Waals surface area contributed by atoms with Crippen LogP contribution in [0.2, 0.25) is 0 Å². The van der Waals surface area contributed by atoms with E-state index in [4.69, 9.17) is 4.74 Å². The van der Waals surface area contributed by atoms with Crippen molar-refractivity contribution in [3.63, 3.8) is 0 Å². The van der Waals surface area contributed by atoms with Crippen molar-refractivity contribution in [3.05, 3.63) is 130 Å². The Hall–Kier alpha value is -3.23. The van der Waals surface area contributed by atoms with Crippen LogP contribution in [0, 0.1) is 10.8 Å². The van der Waals surface area contributed by atoms with E-state index in [9.17, 15) is 4.79 Å². The summed E-state index contributed by atoms with van der Waals surface area (Å²) in [4.78, 5) is 12.2. The molecule has 0 N–H and O–H groups in total. The highest BCUT2D eigenvalue weighted by molar-refractivity contribution is 5.97. The lowest BCUT2D eigenvalue weighted by Gasteiger charge is -2.37. The highest BCUT2D eigenvalue weighted by Crippen LogP contribution is 2.42. The van der Waals surface area contributed by atoms with Gasteiger partial charge >= 0.3 is 0 Å². The summed E-state index contributed by atoms with van der Waals surface area (Å²) in [6.45, 7) is 24.6. The first-order valence-electron chi connectivity index (χ1n) is 16.3. The van der Waals surface area contributed by atoms with Crippen molar-refractivity contribution in [3.8, 4) is 0 Å². The van der Waals surface area contributed by atoms with E-state index in [1.165, 1.54) is 27.9 Å². The second kappa shape index (κ2) is 17.3. The quantitative estimate of drug-likeness (QED) is 0.210. The van der Waals surface area contributed by atoms with Crippen LogP contribution >= 0.6 is 0 Å². The Morgan fingerprint density at radius 2 is 1.16 bits per heavy atom. The minimum Gasteiger partial charge on any atom is -0.374 e. The summed E-state index contributed by atoms with van der Waals surface area (Å²) in [6, 6.07) is 0. The molecule has 1 atom stereocenters. The minimum absolute atomic E-state index is 0.0456. The summed E-state index contributed by atoms with van der Waals surface area (Å²) < 4.78 is 5.98. The summed E-state index contributed by atoms with van der Waals surface area (Å²) in [5.41, 5.74) is 9.84. The summed E-state index contributed by atoms with van der Waals surface area (Å²) in [7, 11) is 0. The van der Waals surface area contributed by atoms with Crippen LogP contribution in [0.25, 0.3) is 0 Å². The monoisotopic (exact) mass is 594 g/mol. The van der Waals surface area contributed by atoms with E-state index in [1.807, 2.05) is 6.92 Å². The number of ether oxygens (including phenoxy) is 1. The summed E-state index contributed by atoms with van der Waals surface area (Å²) in [5, 5.41) is 0. The Kier molecular flexibility index (Phi) is 14.5. The molecule has 2 nitrogen and oxygen atoms in total. The zero-order valence-electron chi connectivity index (χ0n) is 29.5. The fraction of sp³-hybridized carbons (Fsp3) is 0.452. The average Bonchev–Trinajstić information content (AvgIpc) is 2.94. The zero-order chi connectivity index (χ0) is 32.9. The molecule has 2 aliphatic rings. The van der Waals surface area contributed by atoms with Crippen LogP contribution in [-0.2, 0) is 9.53 Å². The van der Waals surface area contributed by atoms with Gasteiger partial charge in [-0.2, -0.15) is 0 Å². The van der Waals surface area contributed by atoms with Gasteiger partial charge in [-0.3, -0.25) is 4.79 Å². The van der Waals surface area contributed by atoms with Gasteiger partial charge in [0.2, 0.25) is 0 Å². The molecule has 0 amide bonds. The number of carbonyl (C=O) groups is 1. The molecule has 238 valence electrons. The van der Waals surface area contributed by atoms with Gasteiger partial charge in [0, 0.05) is 13.0 Å². The van der Waals surface area contributed by atoms with Crippen LogP contribution in [0.1, 0.15) is 102 Å². The first kappa shape index (κ1) is 37.0.